The molecule has 1 unspecified atom stereocenters. The molecule has 22 heavy (non-hydrogen) atoms. The molecule has 2 rings (SSSR count). The lowest BCUT2D eigenvalue weighted by Gasteiger charge is -2.35. The highest BCUT2D eigenvalue weighted by Gasteiger charge is 2.18. The molecule has 1 aromatic carbocycles. The highest BCUT2D eigenvalue weighted by molar-refractivity contribution is 5.94. The predicted molar refractivity (Wildman–Crippen MR) is 87.9 cm³/mol. The van der Waals surface area contributed by atoms with Crippen LogP contribution in [0.1, 0.15) is 22.8 Å². The number of hydrogen-bond donors (Lipinski definition) is 1. The summed E-state index contributed by atoms with van der Waals surface area (Å²) in [6, 6.07) is 7.89. The highest BCUT2D eigenvalue weighted by Crippen LogP contribution is 2.12. The molecule has 1 N–H and O–H groups in total. The predicted octanol–water partition coefficient (Wildman–Crippen LogP) is 0.887. The number of hydrogen-bond acceptors (Lipinski definition) is 4. The maximum absolute atomic E-state index is 12.0. The Morgan fingerprint density at radius 1 is 1.23 bits per heavy atom. The molecule has 1 atom stereocenters. The number of aliphatic hydroxyl groups excluding tert-OH is 1. The van der Waals surface area contributed by atoms with E-state index in [1.165, 1.54) is 5.56 Å². The van der Waals surface area contributed by atoms with Crippen molar-refractivity contribution < 1.29 is 9.90 Å². The van der Waals surface area contributed by atoms with E-state index in [0.29, 0.717) is 0 Å². The van der Waals surface area contributed by atoms with Gasteiger partial charge in [-0.25, -0.2) is 0 Å². The summed E-state index contributed by atoms with van der Waals surface area (Å²) in [6.45, 7) is 7.43. The smallest absolute Gasteiger partial charge is 0.253 e. The minimum Gasteiger partial charge on any atom is -0.392 e. The molecule has 0 radical (unpaired) electrons. The molecule has 0 spiro atoms. The number of piperazine rings is 1. The van der Waals surface area contributed by atoms with Crippen LogP contribution in [0.4, 0.5) is 0 Å². The lowest BCUT2D eigenvalue weighted by molar-refractivity contribution is 0.0780. The van der Waals surface area contributed by atoms with Gasteiger partial charge in [0, 0.05) is 58.9 Å². The molecule has 1 aromatic rings. The van der Waals surface area contributed by atoms with Gasteiger partial charge < -0.3 is 10.0 Å². The van der Waals surface area contributed by atoms with Gasteiger partial charge >= 0.3 is 0 Å². The van der Waals surface area contributed by atoms with Gasteiger partial charge in [-0.3, -0.25) is 14.6 Å². The van der Waals surface area contributed by atoms with Crippen LogP contribution in [0, 0.1) is 0 Å². The zero-order chi connectivity index (χ0) is 16.1. The summed E-state index contributed by atoms with van der Waals surface area (Å²) in [7, 11) is 3.55. The summed E-state index contributed by atoms with van der Waals surface area (Å²) in [5.41, 5.74) is 1.92. The third-order valence-corrected chi connectivity index (χ3v) is 3.97. The fourth-order valence-electron chi connectivity index (χ4n) is 2.82. The molecule has 1 fully saturated rings. The Hall–Kier alpha value is -1.43. The molecular formula is C17H27N3O2. The number of rotatable bonds is 5. The van der Waals surface area contributed by atoms with Gasteiger partial charge in [0.25, 0.3) is 5.91 Å². The summed E-state index contributed by atoms with van der Waals surface area (Å²) < 4.78 is 0. The Balaban J connectivity index is 1.90. The fraction of sp³-hybridized carbons (Fsp3) is 0.588. The maximum Gasteiger partial charge on any atom is 0.253 e. The van der Waals surface area contributed by atoms with Crippen LogP contribution in [0.25, 0.3) is 0 Å². The summed E-state index contributed by atoms with van der Waals surface area (Å²) in [5.74, 6) is 0.0450. The van der Waals surface area contributed by atoms with Crippen LogP contribution in [-0.2, 0) is 6.54 Å². The summed E-state index contributed by atoms with van der Waals surface area (Å²) in [6.07, 6.45) is -0.264. The number of benzene rings is 1. The van der Waals surface area contributed by atoms with Crippen molar-refractivity contribution in [2.24, 2.45) is 0 Å². The van der Waals surface area contributed by atoms with Crippen molar-refractivity contribution in [3.63, 3.8) is 0 Å². The normalized spacial score (nSPS) is 18.2. The van der Waals surface area contributed by atoms with Crippen molar-refractivity contribution in [3.05, 3.63) is 35.4 Å². The number of carbonyl (C=O) groups excluding carboxylic acids is 1. The Kier molecular flexibility index (Phi) is 5.94. The van der Waals surface area contributed by atoms with Crippen molar-refractivity contribution in [1.29, 1.82) is 0 Å². The Labute approximate surface area is 133 Å². The molecule has 1 aliphatic heterocycles. The lowest BCUT2D eigenvalue weighted by Crippen LogP contribution is -2.47. The summed E-state index contributed by atoms with van der Waals surface area (Å²) in [4.78, 5) is 18.3. The first-order valence-corrected chi connectivity index (χ1v) is 7.89. The van der Waals surface area contributed by atoms with Crippen molar-refractivity contribution in [2.45, 2.75) is 19.6 Å². The van der Waals surface area contributed by atoms with Crippen LogP contribution >= 0.6 is 0 Å². The quantitative estimate of drug-likeness (QED) is 0.877. The number of aliphatic hydroxyl groups is 1. The second-order valence-electron chi connectivity index (χ2n) is 6.33. The van der Waals surface area contributed by atoms with Gasteiger partial charge in [0.05, 0.1) is 6.10 Å². The van der Waals surface area contributed by atoms with Crippen LogP contribution in [0.3, 0.4) is 0 Å². The second-order valence-corrected chi connectivity index (χ2v) is 6.33. The van der Waals surface area contributed by atoms with E-state index in [4.69, 9.17) is 0 Å². The number of carbonyl (C=O) groups is 1. The van der Waals surface area contributed by atoms with E-state index in [1.54, 1.807) is 19.0 Å². The van der Waals surface area contributed by atoms with Crippen LogP contribution in [0.5, 0.6) is 0 Å². The lowest BCUT2D eigenvalue weighted by atomic mass is 10.1. The van der Waals surface area contributed by atoms with Gasteiger partial charge in [-0.15, -0.1) is 0 Å². The molecule has 1 amide bonds. The standard InChI is InChI=1S/C17H27N3O2/c1-14(21)12-19-7-9-20(10-8-19)13-15-5-4-6-16(11-15)17(22)18(2)3/h4-6,11,14,21H,7-10,12-13H2,1-3H3. The van der Waals surface area contributed by atoms with E-state index >= 15 is 0 Å². The zero-order valence-electron chi connectivity index (χ0n) is 13.8. The first kappa shape index (κ1) is 16.9. The SMILES string of the molecule is CC(O)CN1CCN(Cc2cccc(C(=O)N(C)C)c2)CC1. The average Bonchev–Trinajstić information content (AvgIpc) is 2.48. The van der Waals surface area contributed by atoms with Gasteiger partial charge in [0.2, 0.25) is 0 Å². The average molecular weight is 305 g/mol. The first-order valence-electron chi connectivity index (χ1n) is 7.89. The Morgan fingerprint density at radius 3 is 2.45 bits per heavy atom. The van der Waals surface area contributed by atoms with Gasteiger partial charge in [-0.1, -0.05) is 12.1 Å². The van der Waals surface area contributed by atoms with Crippen LogP contribution in [0.2, 0.25) is 0 Å². The number of amides is 1. The van der Waals surface area contributed by atoms with Crippen LogP contribution in [0.15, 0.2) is 24.3 Å². The summed E-state index contributed by atoms with van der Waals surface area (Å²) >= 11 is 0. The molecule has 1 heterocycles. The molecule has 0 aromatic heterocycles. The molecule has 1 aliphatic rings. The summed E-state index contributed by atoms with van der Waals surface area (Å²) in [5, 5.41) is 9.44. The Bertz CT molecular complexity index is 494. The largest absolute Gasteiger partial charge is 0.392 e. The number of nitrogens with zero attached hydrogens (tertiary/aromatic N) is 3. The van der Waals surface area contributed by atoms with Gasteiger partial charge in [0.1, 0.15) is 0 Å². The second kappa shape index (κ2) is 7.72. The van der Waals surface area contributed by atoms with E-state index in [1.807, 2.05) is 25.1 Å². The van der Waals surface area contributed by atoms with Gasteiger partial charge in [-0.2, -0.15) is 0 Å². The van der Waals surface area contributed by atoms with Gasteiger partial charge in [-0.05, 0) is 24.6 Å². The molecular weight excluding hydrogens is 278 g/mol. The van der Waals surface area contributed by atoms with Crippen LogP contribution in [-0.4, -0.2) is 78.6 Å². The minimum absolute atomic E-state index is 0.0450. The third-order valence-electron chi connectivity index (χ3n) is 3.97. The molecule has 122 valence electrons. The van der Waals surface area contributed by atoms with E-state index in [9.17, 15) is 9.90 Å². The van der Waals surface area contributed by atoms with E-state index in [-0.39, 0.29) is 12.0 Å². The van der Waals surface area contributed by atoms with Crippen LogP contribution < -0.4 is 0 Å². The highest BCUT2D eigenvalue weighted by atomic mass is 16.3. The molecule has 0 saturated carbocycles. The topological polar surface area (TPSA) is 47.0 Å². The zero-order valence-corrected chi connectivity index (χ0v) is 13.8. The molecule has 0 aliphatic carbocycles. The third kappa shape index (κ3) is 4.80. The molecule has 0 bridgehead atoms. The molecule has 5 heteroatoms. The van der Waals surface area contributed by atoms with E-state index in [2.05, 4.69) is 15.9 Å². The minimum atomic E-state index is -0.264. The van der Waals surface area contributed by atoms with Gasteiger partial charge in [0.15, 0.2) is 0 Å². The van der Waals surface area contributed by atoms with Crippen molar-refractivity contribution in [3.8, 4) is 0 Å². The maximum atomic E-state index is 12.0. The van der Waals surface area contributed by atoms with Crippen molar-refractivity contribution in [1.82, 2.24) is 14.7 Å². The monoisotopic (exact) mass is 305 g/mol. The van der Waals surface area contributed by atoms with Crippen molar-refractivity contribution >= 4 is 5.91 Å². The first-order chi connectivity index (χ1) is 10.5. The molecule has 1 saturated heterocycles. The number of β-amino-alcohol motifs (C(OH)–C–C–N with tert-alkyl or cyclic N) is 1. The van der Waals surface area contributed by atoms with E-state index < -0.39 is 0 Å². The Morgan fingerprint density at radius 2 is 1.86 bits per heavy atom. The molecule has 5 nitrogen and oxygen atoms in total. The fourth-order valence-corrected chi connectivity index (χ4v) is 2.82. The van der Waals surface area contributed by atoms with E-state index in [0.717, 1.165) is 44.8 Å². The van der Waals surface area contributed by atoms with Crippen molar-refractivity contribution in [2.75, 3.05) is 46.8 Å².